The van der Waals surface area contributed by atoms with Crippen LogP contribution in [0.25, 0.3) is 0 Å². The highest BCUT2D eigenvalue weighted by Gasteiger charge is 2.22. The largest absolute Gasteiger partial charge is 0.462 e. The maximum atomic E-state index is 12.0. The van der Waals surface area contributed by atoms with Crippen LogP contribution in [-0.4, -0.2) is 30.1 Å². The van der Waals surface area contributed by atoms with Gasteiger partial charge in [0.15, 0.2) is 0 Å². The van der Waals surface area contributed by atoms with Crippen molar-refractivity contribution in [3.63, 3.8) is 0 Å². The lowest BCUT2D eigenvalue weighted by molar-refractivity contribution is 0.0518. The Hall–Kier alpha value is -2.52. The number of H-pyrrole nitrogens is 1. The number of ether oxygens (including phenoxy) is 2. The van der Waals surface area contributed by atoms with E-state index < -0.39 is 11.9 Å². The molecule has 5 nitrogen and oxygen atoms in total. The molecule has 0 fully saturated rings. The summed E-state index contributed by atoms with van der Waals surface area (Å²) in [5, 5.41) is 0. The van der Waals surface area contributed by atoms with Gasteiger partial charge in [0.05, 0.1) is 24.3 Å². The summed E-state index contributed by atoms with van der Waals surface area (Å²) < 4.78 is 10.9. The van der Waals surface area contributed by atoms with E-state index in [9.17, 15) is 9.59 Å². The predicted octanol–water partition coefficient (Wildman–Crippen LogP) is 3.53. The Morgan fingerprint density at radius 1 is 1.04 bits per heavy atom. The molecule has 0 radical (unpaired) electrons. The number of carbonyl (C=O) groups excluding carboxylic acids is 2. The molecule has 24 heavy (non-hydrogen) atoms. The summed E-state index contributed by atoms with van der Waals surface area (Å²) in [4.78, 5) is 26.8. The van der Waals surface area contributed by atoms with Crippen molar-refractivity contribution in [3.8, 4) is 11.8 Å². The maximum absolute atomic E-state index is 12.0. The first-order valence-electron chi connectivity index (χ1n) is 7.40. The summed E-state index contributed by atoms with van der Waals surface area (Å²) in [5.41, 5.74) is 1.38. The number of aromatic amines is 1. The van der Waals surface area contributed by atoms with Gasteiger partial charge in [-0.2, -0.15) is 0 Å². The molecule has 0 aliphatic rings. The highest BCUT2D eigenvalue weighted by molar-refractivity contribution is 9.10. The highest BCUT2D eigenvalue weighted by atomic mass is 79.9. The molecule has 0 saturated carbocycles. The zero-order chi connectivity index (χ0) is 17.5. The Balaban J connectivity index is 2.44. The van der Waals surface area contributed by atoms with Gasteiger partial charge >= 0.3 is 11.9 Å². The number of rotatable bonds is 4. The van der Waals surface area contributed by atoms with E-state index in [4.69, 9.17) is 9.47 Å². The van der Waals surface area contributed by atoms with E-state index in [1.807, 2.05) is 24.3 Å². The van der Waals surface area contributed by atoms with E-state index in [2.05, 4.69) is 32.8 Å². The van der Waals surface area contributed by atoms with Gasteiger partial charge in [-0.05, 0) is 38.1 Å². The van der Waals surface area contributed by atoms with Crippen LogP contribution in [0, 0.1) is 11.8 Å². The van der Waals surface area contributed by atoms with Crippen LogP contribution in [0.15, 0.2) is 34.9 Å². The van der Waals surface area contributed by atoms with Crippen LogP contribution >= 0.6 is 15.9 Å². The second-order valence-corrected chi connectivity index (χ2v) is 5.57. The average Bonchev–Trinajstić information content (AvgIpc) is 2.99. The molecule has 1 N–H and O–H groups in total. The lowest BCUT2D eigenvalue weighted by Crippen LogP contribution is -2.09. The number of carbonyl (C=O) groups is 2. The topological polar surface area (TPSA) is 68.4 Å². The Kier molecular flexibility index (Phi) is 6.21. The van der Waals surface area contributed by atoms with Crippen LogP contribution in [-0.2, 0) is 9.47 Å². The first-order chi connectivity index (χ1) is 11.6. The van der Waals surface area contributed by atoms with Crippen molar-refractivity contribution >= 4 is 27.9 Å². The molecular formula is C18H16BrNO4. The quantitative estimate of drug-likeness (QED) is 0.641. The number of halogens is 1. The average molecular weight is 390 g/mol. The van der Waals surface area contributed by atoms with Crippen molar-refractivity contribution in [2.75, 3.05) is 13.2 Å². The summed E-state index contributed by atoms with van der Waals surface area (Å²) in [7, 11) is 0. The zero-order valence-corrected chi connectivity index (χ0v) is 14.9. The highest BCUT2D eigenvalue weighted by Crippen LogP contribution is 2.16. The third-order valence-corrected chi connectivity index (χ3v) is 3.56. The monoisotopic (exact) mass is 389 g/mol. The Morgan fingerprint density at radius 2 is 1.67 bits per heavy atom. The van der Waals surface area contributed by atoms with Gasteiger partial charge in [0, 0.05) is 16.2 Å². The van der Waals surface area contributed by atoms with Gasteiger partial charge in [-0.1, -0.05) is 27.8 Å². The van der Waals surface area contributed by atoms with Crippen molar-refractivity contribution in [1.29, 1.82) is 0 Å². The molecule has 0 spiro atoms. The molecule has 0 aliphatic carbocycles. The minimum atomic E-state index is -0.562. The number of esters is 2. The molecule has 1 aromatic heterocycles. The fourth-order valence-corrected chi connectivity index (χ4v) is 2.22. The summed E-state index contributed by atoms with van der Waals surface area (Å²) in [6.45, 7) is 3.88. The molecule has 2 rings (SSSR count). The van der Waals surface area contributed by atoms with E-state index in [-0.39, 0.29) is 30.0 Å². The second kappa shape index (κ2) is 8.37. The molecule has 0 atom stereocenters. The second-order valence-electron chi connectivity index (χ2n) is 4.65. The molecular weight excluding hydrogens is 374 g/mol. The van der Waals surface area contributed by atoms with Crippen LogP contribution in [0.4, 0.5) is 0 Å². The van der Waals surface area contributed by atoms with Crippen molar-refractivity contribution in [1.82, 2.24) is 4.98 Å². The van der Waals surface area contributed by atoms with Gasteiger partial charge in [-0.3, -0.25) is 0 Å². The fourth-order valence-electron chi connectivity index (χ4n) is 1.96. The van der Waals surface area contributed by atoms with E-state index in [1.165, 1.54) is 6.20 Å². The molecule has 0 bridgehead atoms. The van der Waals surface area contributed by atoms with Crippen LogP contribution in [0.3, 0.4) is 0 Å². The minimum Gasteiger partial charge on any atom is -0.462 e. The van der Waals surface area contributed by atoms with Crippen molar-refractivity contribution in [3.05, 3.63) is 57.3 Å². The summed E-state index contributed by atoms with van der Waals surface area (Å²) in [5.74, 6) is 4.72. The summed E-state index contributed by atoms with van der Waals surface area (Å²) in [6.07, 6.45) is 1.41. The molecule has 0 amide bonds. The van der Waals surface area contributed by atoms with Gasteiger partial charge in [0.2, 0.25) is 0 Å². The molecule has 124 valence electrons. The third-order valence-electron chi connectivity index (χ3n) is 3.03. The summed E-state index contributed by atoms with van der Waals surface area (Å²) in [6, 6.07) is 7.38. The number of hydrogen-bond donors (Lipinski definition) is 1. The van der Waals surface area contributed by atoms with Crippen LogP contribution in [0.5, 0.6) is 0 Å². The lowest BCUT2D eigenvalue weighted by atomic mass is 10.1. The van der Waals surface area contributed by atoms with Crippen LogP contribution in [0.1, 0.15) is 45.8 Å². The van der Waals surface area contributed by atoms with Crippen molar-refractivity contribution in [2.24, 2.45) is 0 Å². The Labute approximate surface area is 148 Å². The van der Waals surface area contributed by atoms with Gasteiger partial charge in [0.25, 0.3) is 0 Å². The van der Waals surface area contributed by atoms with Gasteiger partial charge in [0.1, 0.15) is 5.69 Å². The number of benzene rings is 1. The molecule has 0 saturated heterocycles. The third kappa shape index (κ3) is 4.27. The molecule has 0 unspecified atom stereocenters. The molecule has 0 aliphatic heterocycles. The predicted molar refractivity (Wildman–Crippen MR) is 92.8 cm³/mol. The smallest absolute Gasteiger partial charge is 0.356 e. The van der Waals surface area contributed by atoms with Crippen molar-refractivity contribution in [2.45, 2.75) is 13.8 Å². The number of nitrogens with one attached hydrogen (secondary N) is 1. The summed E-state index contributed by atoms with van der Waals surface area (Å²) >= 11 is 3.36. The minimum absolute atomic E-state index is 0.143. The lowest BCUT2D eigenvalue weighted by Gasteiger charge is -2.02. The normalized spacial score (nSPS) is 9.79. The first kappa shape index (κ1) is 17.8. The molecule has 1 aromatic carbocycles. The van der Waals surface area contributed by atoms with Gasteiger partial charge in [-0.15, -0.1) is 0 Å². The van der Waals surface area contributed by atoms with Crippen LogP contribution in [0.2, 0.25) is 0 Å². The van der Waals surface area contributed by atoms with Gasteiger partial charge < -0.3 is 14.5 Å². The van der Waals surface area contributed by atoms with E-state index in [0.29, 0.717) is 0 Å². The van der Waals surface area contributed by atoms with E-state index in [1.54, 1.807) is 13.8 Å². The molecule has 6 heteroatoms. The van der Waals surface area contributed by atoms with Gasteiger partial charge in [-0.25, -0.2) is 9.59 Å². The number of hydrogen-bond acceptors (Lipinski definition) is 4. The Bertz CT molecular complexity index is 761. The fraction of sp³-hybridized carbons (Fsp3) is 0.222. The maximum Gasteiger partial charge on any atom is 0.356 e. The molecule has 2 aromatic rings. The zero-order valence-electron chi connectivity index (χ0n) is 13.3. The van der Waals surface area contributed by atoms with Crippen LogP contribution < -0.4 is 0 Å². The first-order valence-corrected chi connectivity index (χ1v) is 8.19. The van der Waals surface area contributed by atoms with Crippen molar-refractivity contribution < 1.29 is 19.1 Å². The van der Waals surface area contributed by atoms with E-state index in [0.717, 1.165) is 10.0 Å². The standard InChI is InChI=1S/C18H16BrNO4/c1-3-23-17(21)15-11-20-16(18(22)24-4-2)14(15)10-7-12-5-8-13(19)9-6-12/h5-6,8-9,11,20H,3-4H2,1-2H3. The SMILES string of the molecule is CCOC(=O)c1c[nH]c(C(=O)OCC)c1C#Cc1ccc(Br)cc1. The molecule has 1 heterocycles. The number of aromatic nitrogens is 1. The van der Waals surface area contributed by atoms with E-state index >= 15 is 0 Å². The Morgan fingerprint density at radius 3 is 2.29 bits per heavy atom.